The summed E-state index contributed by atoms with van der Waals surface area (Å²) in [5, 5.41) is 13.1. The van der Waals surface area contributed by atoms with E-state index in [9.17, 15) is 9.90 Å². The Balaban J connectivity index is 2.46. The third kappa shape index (κ3) is 7.41. The van der Waals surface area contributed by atoms with Gasteiger partial charge in [-0.3, -0.25) is 0 Å². The highest BCUT2D eigenvalue weighted by Gasteiger charge is 2.25. The largest absolute Gasteiger partial charge is 0.393 e. The summed E-state index contributed by atoms with van der Waals surface area (Å²) < 4.78 is 0. The van der Waals surface area contributed by atoms with Gasteiger partial charge in [0.2, 0.25) is 0 Å². The molecule has 1 heterocycles. The van der Waals surface area contributed by atoms with Crippen molar-refractivity contribution < 1.29 is 9.90 Å². The van der Waals surface area contributed by atoms with Gasteiger partial charge in [-0.25, -0.2) is 4.79 Å². The van der Waals surface area contributed by atoms with Gasteiger partial charge in [-0.05, 0) is 37.4 Å². The van der Waals surface area contributed by atoms with E-state index in [4.69, 9.17) is 0 Å². The lowest BCUT2D eigenvalue weighted by Gasteiger charge is -2.29. The number of nitrogens with one attached hydrogen (secondary N) is 1. The molecule has 0 aliphatic carbocycles. The SMILES string of the molecule is CCSC1CCCCN(C(=O)NCC(C)(C)CC(C)O)C1. The van der Waals surface area contributed by atoms with Gasteiger partial charge in [0.05, 0.1) is 6.10 Å². The minimum absolute atomic E-state index is 0.0530. The number of carbonyl (C=O) groups is 1. The maximum atomic E-state index is 12.4. The topological polar surface area (TPSA) is 52.6 Å². The molecule has 4 nitrogen and oxygen atoms in total. The number of carbonyl (C=O) groups excluding carboxylic acids is 1. The molecule has 0 spiro atoms. The van der Waals surface area contributed by atoms with E-state index in [1.54, 1.807) is 6.92 Å². The Kier molecular flexibility index (Phi) is 7.88. The van der Waals surface area contributed by atoms with Crippen LogP contribution in [0.1, 0.15) is 53.4 Å². The number of hydrogen-bond acceptors (Lipinski definition) is 3. The normalized spacial score (nSPS) is 21.8. The van der Waals surface area contributed by atoms with Gasteiger partial charge < -0.3 is 15.3 Å². The second-order valence-electron chi connectivity index (χ2n) is 6.90. The van der Waals surface area contributed by atoms with Crippen LogP contribution in [0.4, 0.5) is 4.79 Å². The number of rotatable bonds is 6. The van der Waals surface area contributed by atoms with Crippen molar-refractivity contribution in [3.63, 3.8) is 0 Å². The highest BCUT2D eigenvalue weighted by atomic mass is 32.2. The number of urea groups is 1. The van der Waals surface area contributed by atoms with E-state index in [1.807, 2.05) is 16.7 Å². The molecule has 0 aromatic carbocycles. The Labute approximate surface area is 134 Å². The second-order valence-corrected chi connectivity index (χ2v) is 8.47. The molecule has 0 bridgehead atoms. The third-order valence-electron chi connectivity index (χ3n) is 3.88. The number of amides is 2. The molecule has 0 aromatic rings. The Morgan fingerprint density at radius 2 is 2.19 bits per heavy atom. The molecule has 124 valence electrons. The van der Waals surface area contributed by atoms with Crippen molar-refractivity contribution in [1.82, 2.24) is 10.2 Å². The zero-order valence-corrected chi connectivity index (χ0v) is 14.8. The van der Waals surface area contributed by atoms with Crippen LogP contribution in [0.3, 0.4) is 0 Å². The van der Waals surface area contributed by atoms with Gasteiger partial charge in [-0.1, -0.05) is 27.2 Å². The van der Waals surface area contributed by atoms with Crippen molar-refractivity contribution in [2.75, 3.05) is 25.4 Å². The fourth-order valence-corrected chi connectivity index (χ4v) is 4.05. The van der Waals surface area contributed by atoms with Crippen molar-refractivity contribution in [3.8, 4) is 0 Å². The van der Waals surface area contributed by atoms with E-state index in [2.05, 4.69) is 26.1 Å². The van der Waals surface area contributed by atoms with Crippen LogP contribution in [-0.2, 0) is 0 Å². The van der Waals surface area contributed by atoms with Gasteiger partial charge in [0, 0.05) is 24.9 Å². The molecular formula is C16H32N2O2S. The molecule has 0 aromatic heterocycles. The fraction of sp³-hybridized carbons (Fsp3) is 0.938. The number of aliphatic hydroxyl groups excluding tert-OH is 1. The molecule has 2 unspecified atom stereocenters. The molecule has 21 heavy (non-hydrogen) atoms. The van der Waals surface area contributed by atoms with Gasteiger partial charge in [0.15, 0.2) is 0 Å². The van der Waals surface area contributed by atoms with Crippen LogP contribution in [0.2, 0.25) is 0 Å². The van der Waals surface area contributed by atoms with Crippen LogP contribution in [0.25, 0.3) is 0 Å². The van der Waals surface area contributed by atoms with Crippen LogP contribution in [0, 0.1) is 5.41 Å². The monoisotopic (exact) mass is 316 g/mol. The Morgan fingerprint density at radius 1 is 1.48 bits per heavy atom. The van der Waals surface area contributed by atoms with Crippen molar-refractivity contribution in [2.24, 2.45) is 5.41 Å². The predicted molar refractivity (Wildman–Crippen MR) is 90.8 cm³/mol. The van der Waals surface area contributed by atoms with E-state index in [0.29, 0.717) is 18.2 Å². The van der Waals surface area contributed by atoms with Crippen LogP contribution in [0.5, 0.6) is 0 Å². The summed E-state index contributed by atoms with van der Waals surface area (Å²) in [6.45, 7) is 10.5. The van der Waals surface area contributed by atoms with Crippen molar-refractivity contribution >= 4 is 17.8 Å². The van der Waals surface area contributed by atoms with Crippen molar-refractivity contribution in [1.29, 1.82) is 0 Å². The summed E-state index contributed by atoms with van der Waals surface area (Å²) in [5.41, 5.74) is -0.0761. The second kappa shape index (κ2) is 8.89. The Morgan fingerprint density at radius 3 is 2.81 bits per heavy atom. The predicted octanol–water partition coefficient (Wildman–Crippen LogP) is 3.10. The smallest absolute Gasteiger partial charge is 0.317 e. The van der Waals surface area contributed by atoms with Gasteiger partial charge in [0.1, 0.15) is 0 Å². The lowest BCUT2D eigenvalue weighted by molar-refractivity contribution is 0.126. The molecule has 0 saturated carbocycles. The van der Waals surface area contributed by atoms with Gasteiger partial charge in [-0.15, -0.1) is 0 Å². The first-order valence-electron chi connectivity index (χ1n) is 8.16. The molecule has 0 radical (unpaired) electrons. The zero-order valence-electron chi connectivity index (χ0n) is 14.0. The average Bonchev–Trinajstić information content (AvgIpc) is 2.61. The first-order chi connectivity index (χ1) is 9.84. The maximum absolute atomic E-state index is 12.4. The standard InChI is InChI=1S/C16H32N2O2S/c1-5-21-14-8-6-7-9-18(11-14)15(20)17-12-16(3,4)10-13(2)19/h13-14,19H,5-12H2,1-4H3,(H,17,20). The number of nitrogens with zero attached hydrogens (tertiary/aromatic N) is 1. The van der Waals surface area contributed by atoms with Gasteiger partial charge in [0.25, 0.3) is 0 Å². The summed E-state index contributed by atoms with van der Waals surface area (Å²) in [6.07, 6.45) is 3.90. The highest BCUT2D eigenvalue weighted by Crippen LogP contribution is 2.23. The quantitative estimate of drug-likeness (QED) is 0.792. The zero-order chi connectivity index (χ0) is 15.9. The van der Waals surface area contributed by atoms with Crippen LogP contribution in [-0.4, -0.2) is 52.8 Å². The molecule has 5 heteroatoms. The molecule has 2 atom stereocenters. The number of likely N-dealkylation sites (tertiary alicyclic amines) is 1. The van der Waals surface area contributed by atoms with E-state index in [-0.39, 0.29) is 17.6 Å². The summed E-state index contributed by atoms with van der Waals surface area (Å²) in [6, 6.07) is 0.0530. The van der Waals surface area contributed by atoms with Crippen LogP contribution in [0.15, 0.2) is 0 Å². The molecule has 1 aliphatic rings. The molecule has 1 aliphatic heterocycles. The molecule has 1 saturated heterocycles. The highest BCUT2D eigenvalue weighted by molar-refractivity contribution is 7.99. The number of thioether (sulfide) groups is 1. The minimum atomic E-state index is -0.333. The fourth-order valence-electron chi connectivity index (χ4n) is 2.96. The van der Waals surface area contributed by atoms with E-state index >= 15 is 0 Å². The van der Waals surface area contributed by atoms with E-state index in [0.717, 1.165) is 25.3 Å². The van der Waals surface area contributed by atoms with Crippen molar-refractivity contribution in [3.05, 3.63) is 0 Å². The summed E-state index contributed by atoms with van der Waals surface area (Å²) >= 11 is 1.96. The number of hydrogen-bond donors (Lipinski definition) is 2. The first kappa shape index (κ1) is 18.6. The maximum Gasteiger partial charge on any atom is 0.317 e. The van der Waals surface area contributed by atoms with Gasteiger partial charge >= 0.3 is 6.03 Å². The first-order valence-corrected chi connectivity index (χ1v) is 9.21. The molecule has 2 amide bonds. The Bertz CT molecular complexity index is 321. The lowest BCUT2D eigenvalue weighted by Crippen LogP contribution is -2.46. The summed E-state index contributed by atoms with van der Waals surface area (Å²) in [7, 11) is 0. The van der Waals surface area contributed by atoms with Crippen LogP contribution >= 0.6 is 11.8 Å². The molecule has 1 fully saturated rings. The average molecular weight is 317 g/mol. The summed E-state index contributed by atoms with van der Waals surface area (Å²) in [4.78, 5) is 14.3. The van der Waals surface area contributed by atoms with E-state index < -0.39 is 0 Å². The molecular weight excluding hydrogens is 284 g/mol. The van der Waals surface area contributed by atoms with Crippen molar-refractivity contribution in [2.45, 2.75) is 64.7 Å². The minimum Gasteiger partial charge on any atom is -0.393 e. The van der Waals surface area contributed by atoms with Crippen LogP contribution < -0.4 is 5.32 Å². The Hall–Kier alpha value is -0.420. The third-order valence-corrected chi connectivity index (χ3v) is 5.07. The molecule has 2 N–H and O–H groups in total. The lowest BCUT2D eigenvalue weighted by atomic mass is 9.87. The molecule has 1 rings (SSSR count). The number of aliphatic hydroxyl groups is 1. The van der Waals surface area contributed by atoms with Gasteiger partial charge in [-0.2, -0.15) is 11.8 Å². The van der Waals surface area contributed by atoms with E-state index in [1.165, 1.54) is 12.8 Å². The summed E-state index contributed by atoms with van der Waals surface area (Å²) in [5.74, 6) is 1.11.